The average Bonchev–Trinajstić information content (AvgIpc) is 3.15. The van der Waals surface area contributed by atoms with Gasteiger partial charge in [-0.05, 0) is 75.2 Å². The zero-order valence-electron chi connectivity index (χ0n) is 19.9. The summed E-state index contributed by atoms with van der Waals surface area (Å²) in [5, 5.41) is 0.502. The third kappa shape index (κ3) is 5.80. The first-order valence-corrected chi connectivity index (χ1v) is 12.5. The Hall–Kier alpha value is -3.56. The summed E-state index contributed by atoms with van der Waals surface area (Å²) in [5.41, 5.74) is 2.74. The van der Waals surface area contributed by atoms with Gasteiger partial charge in [0, 0.05) is 7.05 Å². The van der Waals surface area contributed by atoms with E-state index in [-0.39, 0.29) is 5.91 Å². The largest absolute Gasteiger partial charge is 0.493 e. The van der Waals surface area contributed by atoms with Crippen molar-refractivity contribution in [3.63, 3.8) is 0 Å². The third-order valence-corrected chi connectivity index (χ3v) is 6.92. The first-order chi connectivity index (χ1) is 17.4. The highest BCUT2D eigenvalue weighted by molar-refractivity contribution is 9.10. The number of methoxy groups -OCH3 is 2. The Morgan fingerprint density at radius 2 is 1.86 bits per heavy atom. The standard InChI is InChI=1S/C27H23BrN2O5S/c1-30-25(31)23(36-27(30)29-20-11-7-10-19(15-20)26(32)34-3)14-18-12-21(28)24(22(13-18)33-2)35-16-17-8-5-4-6-9-17/h4-15H,16H2,1-3H3. The summed E-state index contributed by atoms with van der Waals surface area (Å²) in [6, 6.07) is 20.3. The van der Waals surface area contributed by atoms with Gasteiger partial charge in [0.25, 0.3) is 5.91 Å². The molecule has 0 aromatic heterocycles. The van der Waals surface area contributed by atoms with Crippen LogP contribution in [0.3, 0.4) is 0 Å². The summed E-state index contributed by atoms with van der Waals surface area (Å²) in [5.74, 6) is 0.502. The monoisotopic (exact) mass is 566 g/mol. The van der Waals surface area contributed by atoms with Gasteiger partial charge in [0.15, 0.2) is 16.7 Å². The molecule has 184 valence electrons. The maximum Gasteiger partial charge on any atom is 0.337 e. The number of halogens is 1. The molecular formula is C27H23BrN2O5S. The maximum absolute atomic E-state index is 12.9. The van der Waals surface area contributed by atoms with E-state index in [1.54, 1.807) is 44.5 Å². The molecule has 0 atom stereocenters. The molecule has 0 N–H and O–H groups in total. The van der Waals surface area contributed by atoms with Crippen molar-refractivity contribution in [2.75, 3.05) is 21.3 Å². The van der Waals surface area contributed by atoms with Crippen molar-refractivity contribution < 1.29 is 23.8 Å². The van der Waals surface area contributed by atoms with Crippen LogP contribution in [0.1, 0.15) is 21.5 Å². The summed E-state index contributed by atoms with van der Waals surface area (Å²) in [6.07, 6.45) is 1.78. The lowest BCUT2D eigenvalue weighted by Gasteiger charge is -2.14. The van der Waals surface area contributed by atoms with Crippen LogP contribution >= 0.6 is 27.7 Å². The summed E-state index contributed by atoms with van der Waals surface area (Å²) in [6.45, 7) is 0.395. The molecule has 1 heterocycles. The fourth-order valence-corrected chi connectivity index (χ4v) is 4.99. The number of nitrogens with zero attached hydrogens (tertiary/aromatic N) is 2. The molecule has 1 saturated heterocycles. The smallest absolute Gasteiger partial charge is 0.337 e. The maximum atomic E-state index is 12.9. The molecule has 7 nitrogen and oxygen atoms in total. The van der Waals surface area contributed by atoms with Gasteiger partial charge in [-0.25, -0.2) is 9.79 Å². The molecule has 0 radical (unpaired) electrons. The number of thioether (sulfide) groups is 1. The first-order valence-electron chi connectivity index (χ1n) is 10.9. The lowest BCUT2D eigenvalue weighted by Crippen LogP contribution is -2.23. The van der Waals surface area contributed by atoms with Gasteiger partial charge in [0.1, 0.15) is 6.61 Å². The Bertz CT molecular complexity index is 1360. The lowest BCUT2D eigenvalue weighted by molar-refractivity contribution is -0.121. The van der Waals surface area contributed by atoms with Gasteiger partial charge in [-0.1, -0.05) is 36.4 Å². The number of amidine groups is 1. The number of benzene rings is 3. The van der Waals surface area contributed by atoms with Gasteiger partial charge in [0.05, 0.1) is 34.8 Å². The molecule has 0 spiro atoms. The van der Waals surface area contributed by atoms with Crippen LogP contribution in [-0.2, 0) is 16.1 Å². The molecular weight excluding hydrogens is 544 g/mol. The predicted octanol–water partition coefficient (Wildman–Crippen LogP) is 6.06. The minimum atomic E-state index is -0.447. The van der Waals surface area contributed by atoms with E-state index in [1.807, 2.05) is 42.5 Å². The van der Waals surface area contributed by atoms with Crippen LogP contribution in [0.25, 0.3) is 6.08 Å². The molecule has 1 aliphatic heterocycles. The zero-order valence-corrected chi connectivity index (χ0v) is 22.3. The Morgan fingerprint density at radius 3 is 2.58 bits per heavy atom. The summed E-state index contributed by atoms with van der Waals surface area (Å²) in [4.78, 5) is 31.3. The van der Waals surface area contributed by atoms with E-state index in [4.69, 9.17) is 14.2 Å². The van der Waals surface area contributed by atoms with E-state index in [0.717, 1.165) is 11.1 Å². The number of aliphatic imine (C=N–C) groups is 1. The van der Waals surface area contributed by atoms with Crippen LogP contribution in [0.2, 0.25) is 0 Å². The minimum Gasteiger partial charge on any atom is -0.493 e. The number of ether oxygens (including phenoxy) is 3. The average molecular weight is 567 g/mol. The third-order valence-electron chi connectivity index (χ3n) is 5.27. The van der Waals surface area contributed by atoms with Crippen molar-refractivity contribution in [2.24, 2.45) is 4.99 Å². The van der Waals surface area contributed by atoms with Crippen molar-refractivity contribution in [3.8, 4) is 11.5 Å². The number of carbonyl (C=O) groups excluding carboxylic acids is 2. The molecule has 3 aromatic rings. The summed E-state index contributed by atoms with van der Waals surface area (Å²) in [7, 11) is 4.56. The van der Waals surface area contributed by atoms with Crippen molar-refractivity contribution in [1.82, 2.24) is 4.90 Å². The van der Waals surface area contributed by atoms with E-state index in [2.05, 4.69) is 20.9 Å². The second-order valence-electron chi connectivity index (χ2n) is 7.72. The van der Waals surface area contributed by atoms with Gasteiger partial charge < -0.3 is 14.2 Å². The van der Waals surface area contributed by atoms with Gasteiger partial charge in [0.2, 0.25) is 0 Å². The number of carbonyl (C=O) groups is 2. The van der Waals surface area contributed by atoms with E-state index >= 15 is 0 Å². The van der Waals surface area contributed by atoms with Gasteiger partial charge in [-0.3, -0.25) is 9.69 Å². The van der Waals surface area contributed by atoms with E-state index < -0.39 is 5.97 Å². The SMILES string of the molecule is COC(=O)c1cccc(N=C2SC(=Cc3cc(Br)c(OCc4ccccc4)c(OC)c3)C(=O)N2C)c1. The molecule has 0 saturated carbocycles. The molecule has 1 fully saturated rings. The topological polar surface area (TPSA) is 77.4 Å². The Labute approximate surface area is 221 Å². The highest BCUT2D eigenvalue weighted by Gasteiger charge is 2.30. The molecule has 4 rings (SSSR count). The molecule has 0 bridgehead atoms. The Kier molecular flexibility index (Phi) is 8.12. The van der Waals surface area contributed by atoms with Crippen LogP contribution in [0.15, 0.2) is 81.1 Å². The Balaban J connectivity index is 1.57. The minimum absolute atomic E-state index is 0.178. The van der Waals surface area contributed by atoms with Crippen molar-refractivity contribution >= 4 is 56.5 Å². The van der Waals surface area contributed by atoms with E-state index in [1.165, 1.54) is 23.8 Å². The molecule has 1 aliphatic rings. The summed E-state index contributed by atoms with van der Waals surface area (Å²) < 4.78 is 17.0. The quantitative estimate of drug-likeness (QED) is 0.255. The normalized spacial score (nSPS) is 15.4. The van der Waals surface area contributed by atoms with Crippen LogP contribution in [0, 0.1) is 0 Å². The lowest BCUT2D eigenvalue weighted by atomic mass is 10.1. The molecule has 36 heavy (non-hydrogen) atoms. The molecule has 0 unspecified atom stereocenters. The second kappa shape index (κ2) is 11.5. The number of rotatable bonds is 7. The highest BCUT2D eigenvalue weighted by atomic mass is 79.9. The second-order valence-corrected chi connectivity index (χ2v) is 9.58. The molecule has 9 heteroatoms. The highest BCUT2D eigenvalue weighted by Crippen LogP contribution is 2.39. The fraction of sp³-hybridized carbons (Fsp3) is 0.148. The number of esters is 1. The van der Waals surface area contributed by atoms with Gasteiger partial charge >= 0.3 is 5.97 Å². The number of likely N-dealkylation sites (N-methyl/N-ethyl adjacent to an activating group) is 1. The fourth-order valence-electron chi connectivity index (χ4n) is 3.43. The van der Waals surface area contributed by atoms with Crippen LogP contribution in [0.5, 0.6) is 11.5 Å². The van der Waals surface area contributed by atoms with Crippen LogP contribution in [-0.4, -0.2) is 43.2 Å². The molecule has 3 aromatic carbocycles. The number of hydrogen-bond donors (Lipinski definition) is 0. The van der Waals surface area contributed by atoms with Crippen LogP contribution in [0.4, 0.5) is 5.69 Å². The number of amides is 1. The van der Waals surface area contributed by atoms with Crippen molar-refractivity contribution in [1.29, 1.82) is 0 Å². The molecule has 1 amide bonds. The Morgan fingerprint density at radius 1 is 1.08 bits per heavy atom. The first kappa shape index (κ1) is 25.5. The summed E-state index contributed by atoms with van der Waals surface area (Å²) >= 11 is 4.82. The zero-order chi connectivity index (χ0) is 25.7. The van der Waals surface area contributed by atoms with Gasteiger partial charge in [-0.2, -0.15) is 0 Å². The van der Waals surface area contributed by atoms with E-state index in [9.17, 15) is 9.59 Å². The van der Waals surface area contributed by atoms with E-state index in [0.29, 0.717) is 43.9 Å². The predicted molar refractivity (Wildman–Crippen MR) is 145 cm³/mol. The van der Waals surface area contributed by atoms with Crippen molar-refractivity contribution in [2.45, 2.75) is 6.61 Å². The molecule has 0 aliphatic carbocycles. The van der Waals surface area contributed by atoms with Crippen LogP contribution < -0.4 is 9.47 Å². The van der Waals surface area contributed by atoms with Gasteiger partial charge in [-0.15, -0.1) is 0 Å². The number of hydrogen-bond acceptors (Lipinski definition) is 7. The van der Waals surface area contributed by atoms with Crippen molar-refractivity contribution in [3.05, 3.63) is 92.8 Å².